The van der Waals surface area contributed by atoms with Crippen LogP contribution in [0.15, 0.2) is 71.6 Å². The molecule has 3 aromatic carbocycles. The van der Waals surface area contributed by atoms with Gasteiger partial charge in [-0.05, 0) is 66.1 Å². The van der Waals surface area contributed by atoms with Gasteiger partial charge in [0.15, 0.2) is 9.84 Å². The first-order valence-corrected chi connectivity index (χ1v) is 12.8. The molecule has 0 amide bonds. The van der Waals surface area contributed by atoms with Crippen LogP contribution in [0.5, 0.6) is 0 Å². The van der Waals surface area contributed by atoms with Crippen molar-refractivity contribution in [3.63, 3.8) is 0 Å². The number of fused-ring (bicyclic) bond motifs is 1. The van der Waals surface area contributed by atoms with Gasteiger partial charge in [-0.15, -0.1) is 0 Å². The van der Waals surface area contributed by atoms with Gasteiger partial charge in [0.25, 0.3) is 0 Å². The first-order chi connectivity index (χ1) is 14.4. The quantitative estimate of drug-likeness (QED) is 0.513. The molecule has 0 saturated heterocycles. The van der Waals surface area contributed by atoms with Crippen molar-refractivity contribution >= 4 is 20.6 Å². The summed E-state index contributed by atoms with van der Waals surface area (Å²) in [6.45, 7) is 2.27. The molecular weight excluding hydrogens is 390 g/mol. The fraction of sp³-hybridized carbons (Fsp3) is 0.385. The molecule has 1 fully saturated rings. The summed E-state index contributed by atoms with van der Waals surface area (Å²) in [6, 6.07) is 23.4. The summed E-state index contributed by atoms with van der Waals surface area (Å²) >= 11 is 0. The van der Waals surface area contributed by atoms with Gasteiger partial charge in [-0.3, -0.25) is 0 Å². The molecule has 158 valence electrons. The van der Waals surface area contributed by atoms with Crippen molar-refractivity contribution in [1.29, 1.82) is 0 Å². The van der Waals surface area contributed by atoms with Crippen LogP contribution in [-0.2, 0) is 9.84 Å². The highest BCUT2D eigenvalue weighted by Crippen LogP contribution is 2.34. The Morgan fingerprint density at radius 2 is 1.60 bits per heavy atom. The molecule has 2 unspecified atom stereocenters. The topological polar surface area (TPSA) is 46.2 Å². The van der Waals surface area contributed by atoms with Crippen LogP contribution >= 0.6 is 0 Å². The summed E-state index contributed by atoms with van der Waals surface area (Å²) in [5.74, 6) is 0.471. The monoisotopic (exact) mass is 421 g/mol. The maximum Gasteiger partial charge on any atom is 0.175 e. The van der Waals surface area contributed by atoms with Gasteiger partial charge in [0.2, 0.25) is 0 Å². The SMILES string of the molecule is C[C@@H](NC1CCCCC(c2ccc(S(C)(=O)=O)cc2)C1)c1cccc2ccccc12. The van der Waals surface area contributed by atoms with Gasteiger partial charge in [-0.1, -0.05) is 67.4 Å². The lowest BCUT2D eigenvalue weighted by atomic mass is 9.90. The van der Waals surface area contributed by atoms with E-state index in [1.165, 1.54) is 53.8 Å². The molecule has 1 N–H and O–H groups in total. The summed E-state index contributed by atoms with van der Waals surface area (Å²) in [6.07, 6.45) is 7.17. The number of benzene rings is 3. The molecule has 4 heteroatoms. The van der Waals surface area contributed by atoms with Crippen LogP contribution in [0.3, 0.4) is 0 Å². The second kappa shape index (κ2) is 8.91. The molecule has 1 aliphatic rings. The van der Waals surface area contributed by atoms with Crippen LogP contribution in [0.2, 0.25) is 0 Å². The Balaban J connectivity index is 1.50. The molecule has 4 rings (SSSR count). The van der Waals surface area contributed by atoms with Crippen LogP contribution in [0.4, 0.5) is 0 Å². The molecule has 3 aromatic rings. The molecule has 0 aliphatic heterocycles. The zero-order valence-electron chi connectivity index (χ0n) is 17.8. The average Bonchev–Trinajstić information content (AvgIpc) is 2.98. The smallest absolute Gasteiger partial charge is 0.175 e. The highest BCUT2D eigenvalue weighted by Gasteiger charge is 2.23. The third-order valence-electron chi connectivity index (χ3n) is 6.48. The first kappa shape index (κ1) is 21.1. The third kappa shape index (κ3) is 4.76. The minimum absolute atomic E-state index is 0.285. The third-order valence-corrected chi connectivity index (χ3v) is 7.61. The fourth-order valence-electron chi connectivity index (χ4n) is 4.87. The number of nitrogens with one attached hydrogen (secondary N) is 1. The van der Waals surface area contributed by atoms with Crippen molar-refractivity contribution in [1.82, 2.24) is 5.32 Å². The highest BCUT2D eigenvalue weighted by molar-refractivity contribution is 7.90. The Morgan fingerprint density at radius 1 is 0.900 bits per heavy atom. The maximum absolute atomic E-state index is 11.8. The normalized spacial score (nSPS) is 21.3. The lowest BCUT2D eigenvalue weighted by Gasteiger charge is -2.26. The standard InChI is InChI=1S/C26H31NO2S/c1-19(25-13-7-10-21-8-4-6-12-26(21)25)27-23-11-5-3-9-22(18-23)20-14-16-24(17-15-20)30(2,28)29/h4,6-8,10,12-17,19,22-23,27H,3,5,9,11,18H2,1-2H3/t19-,22?,23?/m1/s1. The van der Waals surface area contributed by atoms with E-state index in [9.17, 15) is 8.42 Å². The predicted molar refractivity (Wildman–Crippen MR) is 125 cm³/mol. The Morgan fingerprint density at radius 3 is 2.37 bits per heavy atom. The highest BCUT2D eigenvalue weighted by atomic mass is 32.2. The van der Waals surface area contributed by atoms with Crippen molar-refractivity contribution in [2.45, 2.75) is 61.9 Å². The van der Waals surface area contributed by atoms with Crippen LogP contribution in [0.1, 0.15) is 62.1 Å². The van der Waals surface area contributed by atoms with E-state index in [0.29, 0.717) is 16.9 Å². The van der Waals surface area contributed by atoms with Gasteiger partial charge in [-0.25, -0.2) is 8.42 Å². The molecule has 1 aliphatic carbocycles. The Hall–Kier alpha value is -2.17. The Bertz CT molecular complexity index is 1100. The summed E-state index contributed by atoms with van der Waals surface area (Å²) in [4.78, 5) is 0.402. The van der Waals surface area contributed by atoms with E-state index in [2.05, 4.69) is 54.7 Å². The largest absolute Gasteiger partial charge is 0.307 e. The van der Waals surface area contributed by atoms with Gasteiger partial charge < -0.3 is 5.32 Å². The van der Waals surface area contributed by atoms with Crippen molar-refractivity contribution < 1.29 is 8.42 Å². The van der Waals surface area contributed by atoms with Gasteiger partial charge in [0, 0.05) is 18.3 Å². The summed E-state index contributed by atoms with van der Waals surface area (Å²) in [5, 5.41) is 6.51. The van der Waals surface area contributed by atoms with Gasteiger partial charge in [0.1, 0.15) is 0 Å². The van der Waals surface area contributed by atoms with Crippen molar-refractivity contribution in [2.24, 2.45) is 0 Å². The maximum atomic E-state index is 11.8. The molecule has 1 saturated carbocycles. The molecular formula is C26H31NO2S. The molecule has 3 nitrogen and oxygen atoms in total. The molecule has 0 radical (unpaired) electrons. The molecule has 0 bridgehead atoms. The minimum Gasteiger partial charge on any atom is -0.307 e. The number of sulfone groups is 1. The van der Waals surface area contributed by atoms with Crippen molar-refractivity contribution in [3.8, 4) is 0 Å². The lowest BCUT2D eigenvalue weighted by molar-refractivity contribution is 0.400. The fourth-order valence-corrected chi connectivity index (χ4v) is 5.50. The molecule has 0 aromatic heterocycles. The summed E-state index contributed by atoms with van der Waals surface area (Å²) in [7, 11) is -3.15. The van der Waals surface area contributed by atoms with Crippen LogP contribution < -0.4 is 5.32 Å². The van der Waals surface area contributed by atoms with Gasteiger partial charge in [-0.2, -0.15) is 0 Å². The van der Waals surface area contributed by atoms with E-state index in [4.69, 9.17) is 0 Å². The van der Waals surface area contributed by atoms with Crippen molar-refractivity contribution in [3.05, 3.63) is 77.9 Å². The lowest BCUT2D eigenvalue weighted by Crippen LogP contribution is -2.32. The Kier molecular flexibility index (Phi) is 6.26. The van der Waals surface area contributed by atoms with E-state index < -0.39 is 9.84 Å². The number of hydrogen-bond donors (Lipinski definition) is 1. The first-order valence-electron chi connectivity index (χ1n) is 11.0. The molecule has 0 heterocycles. The zero-order valence-corrected chi connectivity index (χ0v) is 18.7. The number of hydrogen-bond acceptors (Lipinski definition) is 3. The second-order valence-electron chi connectivity index (χ2n) is 8.71. The Labute approximate surface area is 180 Å². The van der Waals surface area contributed by atoms with Gasteiger partial charge in [0.05, 0.1) is 4.90 Å². The van der Waals surface area contributed by atoms with Crippen LogP contribution in [0.25, 0.3) is 10.8 Å². The molecule has 3 atom stereocenters. The zero-order chi connectivity index (χ0) is 21.1. The van der Waals surface area contributed by atoms with E-state index >= 15 is 0 Å². The summed E-state index contributed by atoms with van der Waals surface area (Å²) < 4.78 is 23.5. The van der Waals surface area contributed by atoms with Crippen molar-refractivity contribution in [2.75, 3.05) is 6.26 Å². The predicted octanol–water partition coefficient (Wildman–Crippen LogP) is 6.01. The average molecular weight is 422 g/mol. The summed E-state index contributed by atoms with van der Waals surface area (Å²) in [5.41, 5.74) is 2.61. The van der Waals surface area contributed by atoms with E-state index in [1.807, 2.05) is 12.1 Å². The van der Waals surface area contributed by atoms with E-state index in [-0.39, 0.29) is 6.04 Å². The van der Waals surface area contributed by atoms with E-state index in [0.717, 1.165) is 6.42 Å². The molecule has 0 spiro atoms. The second-order valence-corrected chi connectivity index (χ2v) is 10.7. The number of rotatable bonds is 5. The van der Waals surface area contributed by atoms with Gasteiger partial charge >= 0.3 is 0 Å². The van der Waals surface area contributed by atoms with Crippen LogP contribution in [-0.4, -0.2) is 20.7 Å². The van der Waals surface area contributed by atoms with E-state index in [1.54, 1.807) is 12.1 Å². The minimum atomic E-state index is -3.15. The molecule has 30 heavy (non-hydrogen) atoms. The van der Waals surface area contributed by atoms with Crippen LogP contribution in [0, 0.1) is 0 Å².